The number of ether oxygens (including phenoxy) is 2. The normalized spacial score (nSPS) is 15.9. The van der Waals surface area contributed by atoms with E-state index in [0.29, 0.717) is 13.2 Å². The minimum atomic E-state index is -2.09. The zero-order valence-corrected chi connectivity index (χ0v) is 19.0. The Hall–Kier alpha value is -1.37. The van der Waals surface area contributed by atoms with Crippen molar-refractivity contribution < 1.29 is 23.8 Å². The van der Waals surface area contributed by atoms with E-state index in [4.69, 9.17) is 13.9 Å². The van der Waals surface area contributed by atoms with Crippen LogP contribution in [0, 0.1) is 11.8 Å². The highest BCUT2D eigenvalue weighted by molar-refractivity contribution is 6.74. The third kappa shape index (κ3) is 6.94. The zero-order chi connectivity index (χ0) is 20.8. The molecule has 0 amide bonds. The molecule has 0 heterocycles. The summed E-state index contributed by atoms with van der Waals surface area (Å²) in [7, 11) is -0.448. The Morgan fingerprint density at radius 2 is 1.70 bits per heavy atom. The van der Waals surface area contributed by atoms with Gasteiger partial charge in [0.2, 0.25) is 0 Å². The van der Waals surface area contributed by atoms with E-state index in [1.165, 1.54) is 0 Å². The van der Waals surface area contributed by atoms with Gasteiger partial charge in [-0.05, 0) is 42.8 Å². The average Bonchev–Trinajstić information content (AvgIpc) is 2.58. The number of hydrogen-bond donors (Lipinski definition) is 1. The summed E-state index contributed by atoms with van der Waals surface area (Å²) in [5.41, 5.74) is 1.05. The van der Waals surface area contributed by atoms with Gasteiger partial charge in [-0.2, -0.15) is 0 Å². The van der Waals surface area contributed by atoms with Crippen molar-refractivity contribution in [3.8, 4) is 5.75 Å². The topological polar surface area (TPSA) is 65.0 Å². The maximum absolute atomic E-state index is 11.6. The molecule has 0 saturated carbocycles. The number of hydrogen-bond acceptors (Lipinski definition) is 4. The molecule has 0 aliphatic carbocycles. The molecule has 154 valence electrons. The summed E-state index contributed by atoms with van der Waals surface area (Å²) in [5, 5.41) is 9.56. The van der Waals surface area contributed by atoms with Crippen molar-refractivity contribution in [2.24, 2.45) is 11.8 Å². The minimum Gasteiger partial charge on any atom is -0.497 e. The molecule has 5 nitrogen and oxygen atoms in total. The van der Waals surface area contributed by atoms with Gasteiger partial charge < -0.3 is 19.0 Å². The van der Waals surface area contributed by atoms with Crippen LogP contribution in [0.25, 0.3) is 0 Å². The molecule has 6 heteroatoms. The van der Waals surface area contributed by atoms with Crippen LogP contribution < -0.4 is 4.74 Å². The Morgan fingerprint density at radius 3 is 2.15 bits per heavy atom. The second-order valence-electron chi connectivity index (χ2n) is 8.81. The largest absolute Gasteiger partial charge is 0.497 e. The van der Waals surface area contributed by atoms with E-state index in [1.54, 1.807) is 14.0 Å². The van der Waals surface area contributed by atoms with Crippen LogP contribution >= 0.6 is 0 Å². The fourth-order valence-electron chi connectivity index (χ4n) is 2.55. The van der Waals surface area contributed by atoms with Gasteiger partial charge in [0.15, 0.2) is 8.32 Å². The summed E-state index contributed by atoms with van der Waals surface area (Å²) in [5.74, 6) is -0.631. The van der Waals surface area contributed by atoms with E-state index in [0.717, 1.165) is 11.3 Å². The second kappa shape index (κ2) is 9.71. The van der Waals surface area contributed by atoms with E-state index in [1.807, 2.05) is 31.2 Å². The van der Waals surface area contributed by atoms with E-state index >= 15 is 0 Å². The van der Waals surface area contributed by atoms with Crippen LogP contribution in [-0.2, 0) is 20.6 Å². The van der Waals surface area contributed by atoms with Crippen molar-refractivity contribution >= 4 is 14.3 Å². The van der Waals surface area contributed by atoms with Crippen LogP contribution in [0.5, 0.6) is 5.75 Å². The molecule has 0 spiro atoms. The van der Waals surface area contributed by atoms with Crippen molar-refractivity contribution in [2.75, 3.05) is 13.7 Å². The molecule has 1 rings (SSSR count). The summed E-state index contributed by atoms with van der Waals surface area (Å²) in [6.45, 7) is 15.4. The van der Waals surface area contributed by atoms with Gasteiger partial charge >= 0.3 is 5.97 Å². The zero-order valence-electron chi connectivity index (χ0n) is 18.0. The predicted molar refractivity (Wildman–Crippen MR) is 111 cm³/mol. The van der Waals surface area contributed by atoms with Gasteiger partial charge in [-0.15, -0.1) is 0 Å². The first-order chi connectivity index (χ1) is 12.4. The molecule has 0 aromatic heterocycles. The van der Waals surface area contributed by atoms with Crippen molar-refractivity contribution in [2.45, 2.75) is 65.5 Å². The molecular formula is C21H36O5Si. The number of carbonyl (C=O) groups is 1. The third-order valence-corrected chi connectivity index (χ3v) is 9.96. The average molecular weight is 397 g/mol. The molecular weight excluding hydrogens is 360 g/mol. The van der Waals surface area contributed by atoms with Crippen molar-refractivity contribution in [1.29, 1.82) is 0 Å². The molecule has 1 N–H and O–H groups in total. The molecule has 0 aliphatic rings. The molecule has 0 fully saturated rings. The van der Waals surface area contributed by atoms with Gasteiger partial charge in [0.05, 0.1) is 32.3 Å². The van der Waals surface area contributed by atoms with Crippen LogP contribution in [0.15, 0.2) is 24.3 Å². The summed E-state index contributed by atoms with van der Waals surface area (Å²) < 4.78 is 17.5. The van der Waals surface area contributed by atoms with Crippen LogP contribution in [0.1, 0.15) is 40.2 Å². The lowest BCUT2D eigenvalue weighted by atomic mass is 9.94. The van der Waals surface area contributed by atoms with Crippen LogP contribution in [0.3, 0.4) is 0 Å². The van der Waals surface area contributed by atoms with Gasteiger partial charge in [0.25, 0.3) is 0 Å². The fourth-order valence-corrected chi connectivity index (χ4v) is 4.02. The maximum atomic E-state index is 11.6. The number of rotatable bonds is 10. The molecule has 0 bridgehead atoms. The third-order valence-electron chi connectivity index (χ3n) is 5.49. The monoisotopic (exact) mass is 396 g/mol. The standard InChI is InChI=1S/C21H36O5Si/c1-15(13-25-14-17-9-11-18(24-6)12-10-17)19(16(2)20(22)23)26-27(7,8)21(3,4)5/h9-12,15-16,19H,13-14H2,1-8H3,(H,22,23)/t15-,16+,19-/m0/s1. The van der Waals surface area contributed by atoms with Crippen molar-refractivity contribution in [3.63, 3.8) is 0 Å². The molecule has 0 aliphatic heterocycles. The Balaban J connectivity index is 2.75. The summed E-state index contributed by atoms with van der Waals surface area (Å²) in [6.07, 6.45) is -0.376. The highest BCUT2D eigenvalue weighted by Crippen LogP contribution is 2.39. The minimum absolute atomic E-state index is 0.0210. The van der Waals surface area contributed by atoms with E-state index in [9.17, 15) is 9.90 Å². The lowest BCUT2D eigenvalue weighted by molar-refractivity contribution is -0.146. The molecule has 27 heavy (non-hydrogen) atoms. The highest BCUT2D eigenvalue weighted by atomic mass is 28.4. The first kappa shape index (κ1) is 23.7. The van der Waals surface area contributed by atoms with Gasteiger partial charge in [0, 0.05) is 5.92 Å². The second-order valence-corrected chi connectivity index (χ2v) is 13.6. The fraction of sp³-hybridized carbons (Fsp3) is 0.667. The molecule has 1 aromatic carbocycles. The highest BCUT2D eigenvalue weighted by Gasteiger charge is 2.42. The number of methoxy groups -OCH3 is 1. The molecule has 0 saturated heterocycles. The predicted octanol–water partition coefficient (Wildman–Crippen LogP) is 4.96. The smallest absolute Gasteiger partial charge is 0.308 e. The number of carboxylic acids is 1. The molecule has 0 unspecified atom stereocenters. The van der Waals surface area contributed by atoms with Crippen LogP contribution in [-0.4, -0.2) is 39.2 Å². The van der Waals surface area contributed by atoms with E-state index in [-0.39, 0.29) is 17.1 Å². The Labute approximate surface area is 165 Å². The number of benzene rings is 1. The molecule has 3 atom stereocenters. The maximum Gasteiger partial charge on any atom is 0.308 e. The Bertz CT molecular complexity index is 592. The van der Waals surface area contributed by atoms with E-state index in [2.05, 4.69) is 33.9 Å². The van der Waals surface area contributed by atoms with Crippen molar-refractivity contribution in [1.82, 2.24) is 0 Å². The summed E-state index contributed by atoms with van der Waals surface area (Å²) in [6, 6.07) is 7.73. The Morgan fingerprint density at radius 1 is 1.15 bits per heavy atom. The summed E-state index contributed by atoms with van der Waals surface area (Å²) >= 11 is 0. The molecule has 1 aromatic rings. The molecule has 0 radical (unpaired) electrons. The number of aliphatic carboxylic acids is 1. The lowest BCUT2D eigenvalue weighted by Gasteiger charge is -2.42. The van der Waals surface area contributed by atoms with E-state index < -0.39 is 20.2 Å². The first-order valence-corrected chi connectivity index (χ1v) is 12.4. The number of carboxylic acid groups (broad SMARTS) is 1. The van der Waals surface area contributed by atoms with Crippen LogP contribution in [0.4, 0.5) is 0 Å². The summed E-state index contributed by atoms with van der Waals surface area (Å²) in [4.78, 5) is 11.6. The SMILES string of the molecule is COc1ccc(COC[C@H](C)[C@H](O[Si](C)(C)C(C)(C)C)[C@@H](C)C(=O)O)cc1. The van der Waals surface area contributed by atoms with Gasteiger partial charge in [-0.25, -0.2) is 0 Å². The van der Waals surface area contributed by atoms with Gasteiger partial charge in [-0.3, -0.25) is 4.79 Å². The Kier molecular flexibility index (Phi) is 8.51. The lowest BCUT2D eigenvalue weighted by Crippen LogP contribution is -2.49. The van der Waals surface area contributed by atoms with Crippen LogP contribution in [0.2, 0.25) is 18.1 Å². The van der Waals surface area contributed by atoms with Crippen molar-refractivity contribution in [3.05, 3.63) is 29.8 Å². The van der Waals surface area contributed by atoms with Gasteiger partial charge in [0.1, 0.15) is 5.75 Å². The van der Waals surface area contributed by atoms with Gasteiger partial charge in [-0.1, -0.05) is 39.8 Å². The quantitative estimate of drug-likeness (QED) is 0.566. The first-order valence-electron chi connectivity index (χ1n) is 9.50.